The second-order valence-corrected chi connectivity index (χ2v) is 14.7. The molecule has 4 heterocycles. The molecule has 2 fully saturated rings. The molecule has 4 aromatic rings. The molecule has 0 radical (unpaired) electrons. The second-order valence-electron chi connectivity index (χ2n) is 14.7. The number of hydrogen-bond donors (Lipinski definition) is 4. The molecule has 6 rings (SSSR count). The summed E-state index contributed by atoms with van der Waals surface area (Å²) in [5.41, 5.74) is 5.91. The van der Waals surface area contributed by atoms with Gasteiger partial charge in [0.25, 0.3) is 0 Å². The first kappa shape index (κ1) is 38.1. The van der Waals surface area contributed by atoms with Crippen LogP contribution >= 0.6 is 0 Å². The van der Waals surface area contributed by atoms with Crippen molar-refractivity contribution in [2.75, 3.05) is 27.3 Å². The molecule has 2 aromatic carbocycles. The van der Waals surface area contributed by atoms with Crippen molar-refractivity contribution in [2.24, 2.45) is 11.8 Å². The monoisotopic (exact) mass is 736 g/mol. The Hall–Kier alpha value is -5.59. The van der Waals surface area contributed by atoms with Gasteiger partial charge in [-0.05, 0) is 66.4 Å². The average Bonchev–Trinajstić information content (AvgIpc) is 4.02. The molecule has 3 amide bonds. The Morgan fingerprint density at radius 1 is 0.685 bits per heavy atom. The molecule has 2 unspecified atom stereocenters. The van der Waals surface area contributed by atoms with Crippen molar-refractivity contribution in [2.45, 2.75) is 77.5 Å². The van der Waals surface area contributed by atoms with E-state index in [0.717, 1.165) is 71.0 Å². The minimum Gasteiger partial charge on any atom is -0.483 e. The maximum absolute atomic E-state index is 13.6. The van der Waals surface area contributed by atoms with Crippen LogP contribution in [0.4, 0.5) is 4.79 Å². The third-order valence-electron chi connectivity index (χ3n) is 10.5. The number of carbonyl (C=O) groups excluding carboxylic acids is 3. The third-order valence-corrected chi connectivity index (χ3v) is 10.5. The number of alkyl carbamates (subject to hydrolysis) is 1. The average molecular weight is 737 g/mol. The van der Waals surface area contributed by atoms with Gasteiger partial charge in [-0.15, -0.1) is 0 Å². The van der Waals surface area contributed by atoms with Gasteiger partial charge >= 0.3 is 6.09 Å². The van der Waals surface area contributed by atoms with Gasteiger partial charge in [0.15, 0.2) is 5.88 Å². The number of hydrogen-bond acceptors (Lipinski definition) is 8. The van der Waals surface area contributed by atoms with Crippen LogP contribution < -0.4 is 10.6 Å². The normalized spacial score (nSPS) is 18.1. The highest BCUT2D eigenvalue weighted by atomic mass is 16.5. The van der Waals surface area contributed by atoms with E-state index in [2.05, 4.69) is 80.7 Å². The number of ether oxygens (including phenoxy) is 2. The summed E-state index contributed by atoms with van der Waals surface area (Å²) in [6.07, 6.45) is 6.43. The largest absolute Gasteiger partial charge is 0.483 e. The highest BCUT2D eigenvalue weighted by Gasteiger charge is 2.38. The molecule has 0 bridgehead atoms. The lowest BCUT2D eigenvalue weighted by Gasteiger charge is -2.31. The Labute approximate surface area is 316 Å². The first-order chi connectivity index (χ1) is 26.0. The number of likely N-dealkylation sites (tertiary alicyclic amines) is 2. The van der Waals surface area contributed by atoms with Gasteiger partial charge < -0.3 is 39.9 Å². The lowest BCUT2D eigenvalue weighted by atomic mass is 10.0. The molecular weight excluding hydrogens is 685 g/mol. The number of methoxy groups -OCH3 is 2. The zero-order valence-electron chi connectivity index (χ0n) is 32.0. The predicted octanol–water partition coefficient (Wildman–Crippen LogP) is 6.57. The molecule has 2 saturated heterocycles. The molecule has 2 aliphatic rings. The first-order valence-electron chi connectivity index (χ1n) is 18.7. The van der Waals surface area contributed by atoms with Gasteiger partial charge in [0.1, 0.15) is 23.7 Å². The molecule has 54 heavy (non-hydrogen) atoms. The Balaban J connectivity index is 1.11. The number of nitrogens with zero attached hydrogens (tertiary/aromatic N) is 4. The van der Waals surface area contributed by atoms with Gasteiger partial charge in [-0.25, -0.2) is 14.8 Å². The summed E-state index contributed by atoms with van der Waals surface area (Å²) in [5, 5.41) is 5.83. The lowest BCUT2D eigenvalue weighted by Crippen LogP contribution is -2.51. The van der Waals surface area contributed by atoms with E-state index in [4.69, 9.17) is 14.5 Å². The van der Waals surface area contributed by atoms with Crippen LogP contribution in [0, 0.1) is 11.8 Å². The molecule has 0 spiro atoms. The van der Waals surface area contributed by atoms with E-state index in [1.165, 1.54) is 14.2 Å². The standard InChI is InChI=1S/C41H52N8O5/c1-24(2)35(44-26(5)53-6)39(50)48-20-8-10-33(48)37-42-22-31(45-37)29-16-12-27(13-17-29)28-14-18-30(19-15-28)32-23-43-38(46-32)34-11-9-21-49(34)40(51)36(25(3)4)47-41(52)54-7/h12-19,22-25,33-36,44H,5,8-11,20-21H2,1-4,6-7H3,(H,42,45)(H,43,46)(H,47,52)/t33?,34?,35-,36-/m0/s1. The summed E-state index contributed by atoms with van der Waals surface area (Å²) in [6, 6.07) is 15.2. The summed E-state index contributed by atoms with van der Waals surface area (Å²) < 4.78 is 9.95. The maximum atomic E-state index is 13.6. The van der Waals surface area contributed by atoms with E-state index in [1.807, 2.05) is 49.9 Å². The molecule has 286 valence electrons. The van der Waals surface area contributed by atoms with Crippen LogP contribution in [-0.4, -0.2) is 87.0 Å². The van der Waals surface area contributed by atoms with E-state index in [0.29, 0.717) is 19.0 Å². The van der Waals surface area contributed by atoms with Gasteiger partial charge in [-0.1, -0.05) is 76.2 Å². The lowest BCUT2D eigenvalue weighted by molar-refractivity contribution is -0.136. The third kappa shape index (κ3) is 8.14. The SMILES string of the molecule is C=C(N[C@H](C(=O)N1CCCC1c1ncc(-c2ccc(-c3ccc(-c4cnc(C5CCCN5C(=O)[C@@H](NC(=O)OC)C(C)C)[nH]4)cc3)cc2)[nH]1)C(C)C)OC. The minimum atomic E-state index is -0.681. The summed E-state index contributed by atoms with van der Waals surface area (Å²) in [6.45, 7) is 13.0. The summed E-state index contributed by atoms with van der Waals surface area (Å²) >= 11 is 0. The quantitative estimate of drug-likeness (QED) is 0.112. The van der Waals surface area contributed by atoms with Gasteiger partial charge in [-0.2, -0.15) is 0 Å². The zero-order chi connectivity index (χ0) is 38.5. The molecular formula is C41H52N8O5. The van der Waals surface area contributed by atoms with E-state index in [1.54, 1.807) is 0 Å². The number of carbonyl (C=O) groups is 3. The van der Waals surface area contributed by atoms with E-state index < -0.39 is 18.2 Å². The zero-order valence-corrected chi connectivity index (χ0v) is 32.0. The fraction of sp³-hybridized carbons (Fsp3) is 0.439. The number of benzene rings is 2. The van der Waals surface area contributed by atoms with Crippen molar-refractivity contribution in [3.8, 4) is 33.6 Å². The fourth-order valence-corrected chi connectivity index (χ4v) is 7.42. The van der Waals surface area contributed by atoms with Crippen molar-refractivity contribution in [3.63, 3.8) is 0 Å². The predicted molar refractivity (Wildman–Crippen MR) is 206 cm³/mol. The van der Waals surface area contributed by atoms with Crippen LogP contribution in [-0.2, 0) is 19.1 Å². The van der Waals surface area contributed by atoms with Crippen molar-refractivity contribution in [3.05, 3.63) is 85.0 Å². The van der Waals surface area contributed by atoms with E-state index in [-0.39, 0.29) is 35.7 Å². The highest BCUT2D eigenvalue weighted by molar-refractivity contribution is 5.86. The van der Waals surface area contributed by atoms with E-state index >= 15 is 0 Å². The number of aromatic nitrogens is 4. The smallest absolute Gasteiger partial charge is 0.407 e. The maximum Gasteiger partial charge on any atom is 0.407 e. The molecule has 2 aliphatic heterocycles. The summed E-state index contributed by atoms with van der Waals surface area (Å²) in [4.78, 5) is 59.2. The van der Waals surface area contributed by atoms with Crippen LogP contribution in [0.1, 0.15) is 77.1 Å². The molecule has 4 N–H and O–H groups in total. The number of imidazole rings is 2. The summed E-state index contributed by atoms with van der Waals surface area (Å²) in [7, 11) is 2.83. The molecule has 13 heteroatoms. The molecule has 13 nitrogen and oxygen atoms in total. The topological polar surface area (TPSA) is 158 Å². The number of aromatic amines is 2. The minimum absolute atomic E-state index is 0.0190. The van der Waals surface area contributed by atoms with Gasteiger partial charge in [0, 0.05) is 13.1 Å². The van der Waals surface area contributed by atoms with E-state index in [9.17, 15) is 14.4 Å². The fourth-order valence-electron chi connectivity index (χ4n) is 7.42. The molecule has 4 atom stereocenters. The van der Waals surface area contributed by atoms with Crippen LogP contribution in [0.3, 0.4) is 0 Å². The first-order valence-corrected chi connectivity index (χ1v) is 18.7. The summed E-state index contributed by atoms with van der Waals surface area (Å²) in [5.74, 6) is 1.73. The molecule has 0 saturated carbocycles. The van der Waals surface area contributed by atoms with Gasteiger partial charge in [0.05, 0.1) is 50.1 Å². The Morgan fingerprint density at radius 2 is 1.09 bits per heavy atom. The number of amides is 3. The van der Waals surface area contributed by atoms with Gasteiger partial charge in [-0.3, -0.25) is 9.59 Å². The van der Waals surface area contributed by atoms with Crippen molar-refractivity contribution in [1.29, 1.82) is 0 Å². The van der Waals surface area contributed by atoms with Crippen LogP contribution in [0.5, 0.6) is 0 Å². The molecule has 2 aromatic heterocycles. The van der Waals surface area contributed by atoms with Crippen molar-refractivity contribution >= 4 is 17.9 Å². The Morgan fingerprint density at radius 3 is 1.48 bits per heavy atom. The molecule has 0 aliphatic carbocycles. The highest BCUT2D eigenvalue weighted by Crippen LogP contribution is 2.35. The van der Waals surface area contributed by atoms with Crippen LogP contribution in [0.25, 0.3) is 33.6 Å². The van der Waals surface area contributed by atoms with Crippen molar-refractivity contribution < 1.29 is 23.9 Å². The van der Waals surface area contributed by atoms with Gasteiger partial charge in [0.2, 0.25) is 11.8 Å². The Bertz CT molecular complexity index is 1790. The van der Waals surface area contributed by atoms with Crippen LogP contribution in [0.2, 0.25) is 0 Å². The number of H-pyrrole nitrogens is 2. The number of rotatable bonds is 13. The number of nitrogens with one attached hydrogen (secondary N) is 4. The second kappa shape index (κ2) is 16.6. The van der Waals surface area contributed by atoms with Crippen LogP contribution in [0.15, 0.2) is 73.4 Å². The Kier molecular flexibility index (Phi) is 11.7. The van der Waals surface area contributed by atoms with Crippen molar-refractivity contribution in [1.82, 2.24) is 40.4 Å².